The zero-order valence-electron chi connectivity index (χ0n) is 15.6. The molecule has 0 spiro atoms. The lowest BCUT2D eigenvalue weighted by molar-refractivity contribution is -0.131. The molecule has 0 aromatic heterocycles. The molecule has 0 bridgehead atoms. The van der Waals surface area contributed by atoms with E-state index in [1.807, 2.05) is 18.4 Å². The van der Waals surface area contributed by atoms with E-state index in [1.54, 1.807) is 43.0 Å². The standard InChI is InChI=1S/C20H19Br2NO5S/c1-11(3-8-17(24)25)19(15-9-12(21)10-16(22)18(15)26)28-20(27)23-13-4-6-14(29-2)7-5-13/h3-11,19,26H,1-2H3,(H,23,27)(H,24,25)/b8-3+/t11-,19+/m0/s1. The molecule has 0 aliphatic carbocycles. The fourth-order valence-corrected chi connectivity index (χ4v) is 4.20. The van der Waals surface area contributed by atoms with Crippen LogP contribution in [-0.4, -0.2) is 28.5 Å². The predicted molar refractivity (Wildman–Crippen MR) is 121 cm³/mol. The molecule has 2 aromatic carbocycles. The van der Waals surface area contributed by atoms with E-state index in [9.17, 15) is 14.7 Å². The number of ether oxygens (including phenoxy) is 1. The van der Waals surface area contributed by atoms with Crippen LogP contribution in [0.2, 0.25) is 0 Å². The van der Waals surface area contributed by atoms with Crippen LogP contribution in [0.5, 0.6) is 5.75 Å². The Morgan fingerprint density at radius 2 is 1.86 bits per heavy atom. The minimum atomic E-state index is -1.12. The van der Waals surface area contributed by atoms with E-state index >= 15 is 0 Å². The Labute approximate surface area is 189 Å². The fraction of sp³-hybridized carbons (Fsp3) is 0.200. The molecule has 0 aliphatic heterocycles. The number of rotatable bonds is 7. The molecule has 9 heteroatoms. The lowest BCUT2D eigenvalue weighted by Gasteiger charge is -2.24. The summed E-state index contributed by atoms with van der Waals surface area (Å²) in [7, 11) is 0. The number of carboxylic acid groups (broad SMARTS) is 1. The average Bonchev–Trinajstić information content (AvgIpc) is 2.67. The third kappa shape index (κ3) is 6.80. The highest BCUT2D eigenvalue weighted by Gasteiger charge is 2.26. The molecule has 6 nitrogen and oxygen atoms in total. The summed E-state index contributed by atoms with van der Waals surface area (Å²) < 4.78 is 6.66. The number of hydrogen-bond acceptors (Lipinski definition) is 5. The molecular formula is C20H19Br2NO5S. The first kappa shape index (κ1) is 23.3. The Hall–Kier alpha value is -1.97. The second kappa shape index (κ2) is 10.7. The molecule has 29 heavy (non-hydrogen) atoms. The lowest BCUT2D eigenvalue weighted by Crippen LogP contribution is -2.21. The molecule has 2 atom stereocenters. The van der Waals surface area contributed by atoms with Gasteiger partial charge in [0.2, 0.25) is 0 Å². The van der Waals surface area contributed by atoms with Crippen molar-refractivity contribution in [2.75, 3.05) is 11.6 Å². The van der Waals surface area contributed by atoms with Gasteiger partial charge in [0, 0.05) is 32.6 Å². The number of aromatic hydroxyl groups is 1. The summed E-state index contributed by atoms with van der Waals surface area (Å²) >= 11 is 8.19. The highest BCUT2D eigenvalue weighted by Crippen LogP contribution is 2.40. The van der Waals surface area contributed by atoms with Crippen molar-refractivity contribution in [3.8, 4) is 5.75 Å². The Morgan fingerprint density at radius 1 is 1.21 bits per heavy atom. The van der Waals surface area contributed by atoms with E-state index in [0.29, 0.717) is 20.2 Å². The number of phenols is 1. The van der Waals surface area contributed by atoms with Gasteiger partial charge < -0.3 is 14.9 Å². The van der Waals surface area contributed by atoms with Crippen LogP contribution in [0.4, 0.5) is 10.5 Å². The van der Waals surface area contributed by atoms with Crippen LogP contribution in [0.15, 0.2) is 62.4 Å². The summed E-state index contributed by atoms with van der Waals surface area (Å²) in [6, 6.07) is 10.5. The van der Waals surface area contributed by atoms with Gasteiger partial charge in [0.1, 0.15) is 11.9 Å². The number of hydrogen-bond donors (Lipinski definition) is 3. The largest absolute Gasteiger partial charge is 0.506 e. The molecule has 2 rings (SSSR count). The number of carbonyl (C=O) groups excluding carboxylic acids is 1. The van der Waals surface area contributed by atoms with Crippen LogP contribution in [0.25, 0.3) is 0 Å². The maximum absolute atomic E-state index is 12.5. The van der Waals surface area contributed by atoms with E-state index in [0.717, 1.165) is 11.0 Å². The highest BCUT2D eigenvalue weighted by molar-refractivity contribution is 9.11. The van der Waals surface area contributed by atoms with E-state index in [4.69, 9.17) is 9.84 Å². The fourth-order valence-electron chi connectivity index (χ4n) is 2.53. The molecule has 0 saturated heterocycles. The number of benzene rings is 2. The molecule has 3 N–H and O–H groups in total. The number of phenolic OH excluding ortho intramolecular Hbond substituents is 1. The first-order valence-electron chi connectivity index (χ1n) is 8.42. The monoisotopic (exact) mass is 543 g/mol. The molecule has 2 aromatic rings. The number of carboxylic acids is 1. The molecule has 154 valence electrons. The Kier molecular flexibility index (Phi) is 8.60. The van der Waals surface area contributed by atoms with Crippen molar-refractivity contribution in [1.29, 1.82) is 0 Å². The molecule has 0 heterocycles. The van der Waals surface area contributed by atoms with Crippen LogP contribution >= 0.6 is 43.6 Å². The number of carbonyl (C=O) groups is 2. The number of anilines is 1. The van der Waals surface area contributed by atoms with Gasteiger partial charge in [-0.3, -0.25) is 5.32 Å². The normalized spacial score (nSPS) is 13.1. The van der Waals surface area contributed by atoms with E-state index in [1.165, 1.54) is 6.08 Å². The summed E-state index contributed by atoms with van der Waals surface area (Å²) in [4.78, 5) is 24.4. The topological polar surface area (TPSA) is 95.9 Å². The first-order valence-corrected chi connectivity index (χ1v) is 11.2. The summed E-state index contributed by atoms with van der Waals surface area (Å²) in [5.74, 6) is -1.73. The highest BCUT2D eigenvalue weighted by atomic mass is 79.9. The van der Waals surface area contributed by atoms with Crippen molar-refractivity contribution in [2.45, 2.75) is 17.9 Å². The molecule has 0 fully saturated rings. The minimum Gasteiger partial charge on any atom is -0.506 e. The van der Waals surface area contributed by atoms with E-state index < -0.39 is 24.1 Å². The second-order valence-electron chi connectivity index (χ2n) is 6.06. The van der Waals surface area contributed by atoms with Gasteiger partial charge in [-0.1, -0.05) is 28.9 Å². The van der Waals surface area contributed by atoms with Crippen molar-refractivity contribution in [2.24, 2.45) is 5.92 Å². The number of nitrogens with one attached hydrogen (secondary N) is 1. The maximum atomic E-state index is 12.5. The number of thioether (sulfide) groups is 1. The minimum absolute atomic E-state index is 0.0918. The molecular weight excluding hydrogens is 526 g/mol. The third-order valence-corrected chi connectivity index (χ3v) is 5.76. The van der Waals surface area contributed by atoms with Gasteiger partial charge in [0.15, 0.2) is 0 Å². The molecule has 0 aliphatic rings. The summed E-state index contributed by atoms with van der Waals surface area (Å²) in [6.45, 7) is 1.69. The van der Waals surface area contributed by atoms with E-state index in [-0.39, 0.29) is 5.75 Å². The van der Waals surface area contributed by atoms with Crippen molar-refractivity contribution in [3.05, 3.63) is 63.1 Å². The number of amides is 1. The molecule has 0 radical (unpaired) electrons. The Balaban J connectivity index is 2.29. The SMILES string of the molecule is CSc1ccc(NC(=O)O[C@@H](c2cc(Br)cc(Br)c2O)[C@@H](C)/C=C/C(=O)O)cc1. The quantitative estimate of drug-likeness (QED) is 0.283. The van der Waals surface area contributed by atoms with Gasteiger partial charge in [-0.25, -0.2) is 9.59 Å². The van der Waals surface area contributed by atoms with Gasteiger partial charge in [0.25, 0.3) is 0 Å². The zero-order chi connectivity index (χ0) is 21.6. The Morgan fingerprint density at radius 3 is 2.45 bits per heavy atom. The molecule has 0 unspecified atom stereocenters. The number of aliphatic carboxylic acids is 1. The van der Waals surface area contributed by atoms with Crippen molar-refractivity contribution >= 4 is 61.4 Å². The molecule has 1 amide bonds. The smallest absolute Gasteiger partial charge is 0.412 e. The Bertz CT molecular complexity index is 918. The van der Waals surface area contributed by atoms with Crippen LogP contribution in [0, 0.1) is 5.92 Å². The van der Waals surface area contributed by atoms with Crippen molar-refractivity contribution < 1.29 is 24.5 Å². The summed E-state index contributed by atoms with van der Waals surface area (Å²) in [5.41, 5.74) is 0.890. The first-order chi connectivity index (χ1) is 13.7. The van der Waals surface area contributed by atoms with Crippen LogP contribution in [-0.2, 0) is 9.53 Å². The number of halogens is 2. The third-order valence-electron chi connectivity index (χ3n) is 3.95. The maximum Gasteiger partial charge on any atom is 0.412 e. The van der Waals surface area contributed by atoms with Crippen molar-refractivity contribution in [1.82, 2.24) is 0 Å². The second-order valence-corrected chi connectivity index (χ2v) is 8.71. The van der Waals surface area contributed by atoms with Crippen LogP contribution in [0.3, 0.4) is 0 Å². The van der Waals surface area contributed by atoms with Gasteiger partial charge in [-0.2, -0.15) is 0 Å². The van der Waals surface area contributed by atoms with E-state index in [2.05, 4.69) is 37.2 Å². The van der Waals surface area contributed by atoms with Gasteiger partial charge in [-0.15, -0.1) is 11.8 Å². The van der Waals surface area contributed by atoms with Gasteiger partial charge in [-0.05, 0) is 58.6 Å². The lowest BCUT2D eigenvalue weighted by atomic mass is 9.96. The summed E-state index contributed by atoms with van der Waals surface area (Å²) in [6.07, 6.45) is 2.69. The average molecular weight is 545 g/mol. The van der Waals surface area contributed by atoms with Crippen LogP contribution < -0.4 is 5.32 Å². The van der Waals surface area contributed by atoms with Crippen LogP contribution in [0.1, 0.15) is 18.6 Å². The van der Waals surface area contributed by atoms with Crippen molar-refractivity contribution in [3.63, 3.8) is 0 Å². The van der Waals surface area contributed by atoms with Gasteiger partial charge in [0.05, 0.1) is 4.47 Å². The summed E-state index contributed by atoms with van der Waals surface area (Å²) in [5, 5.41) is 22.0. The predicted octanol–water partition coefficient (Wildman–Crippen LogP) is 6.21. The molecule has 0 saturated carbocycles. The zero-order valence-corrected chi connectivity index (χ0v) is 19.5. The van der Waals surface area contributed by atoms with Gasteiger partial charge >= 0.3 is 12.1 Å².